The maximum absolute atomic E-state index is 2.43. The summed E-state index contributed by atoms with van der Waals surface area (Å²) in [7, 11) is 0. The van der Waals surface area contributed by atoms with Gasteiger partial charge in [-0.2, -0.15) is 0 Å². The average molecular weight is 238 g/mol. The van der Waals surface area contributed by atoms with Crippen molar-refractivity contribution in [3.63, 3.8) is 0 Å². The molecule has 0 amide bonds. The summed E-state index contributed by atoms with van der Waals surface area (Å²) in [5, 5.41) is 0. The molecule has 1 aromatic rings. The first-order valence-corrected chi connectivity index (χ1v) is 7.57. The van der Waals surface area contributed by atoms with Gasteiger partial charge in [-0.25, -0.2) is 0 Å². The molecule has 0 saturated carbocycles. The Balaban J connectivity index is 2.70. The van der Waals surface area contributed by atoms with E-state index in [2.05, 4.69) is 33.8 Å². The maximum atomic E-state index is 2.43. The van der Waals surface area contributed by atoms with E-state index in [-0.39, 0.29) is 0 Å². The van der Waals surface area contributed by atoms with Crippen LogP contribution in [0.2, 0.25) is 0 Å². The molecule has 0 unspecified atom stereocenters. The number of unbranched alkanes of at least 4 members (excludes halogenated alkanes) is 2. The van der Waals surface area contributed by atoms with Crippen LogP contribution in [0.5, 0.6) is 0 Å². The van der Waals surface area contributed by atoms with Crippen LogP contribution in [0.3, 0.4) is 0 Å². The van der Waals surface area contributed by atoms with E-state index < -0.39 is 0 Å². The van der Waals surface area contributed by atoms with Gasteiger partial charge in [0.05, 0.1) is 0 Å². The van der Waals surface area contributed by atoms with E-state index in [4.69, 9.17) is 0 Å². The number of hydrogen-bond donors (Lipinski definition) is 0. The summed E-state index contributed by atoms with van der Waals surface area (Å²) in [6.07, 6.45) is 8.17. The van der Waals surface area contributed by atoms with Crippen molar-refractivity contribution in [3.8, 4) is 0 Å². The van der Waals surface area contributed by atoms with Gasteiger partial charge in [-0.3, -0.25) is 0 Å². The Hall–Kier alpha value is -0.300. The minimum absolute atomic E-state index is 0.824. The van der Waals surface area contributed by atoms with Gasteiger partial charge in [0.2, 0.25) is 0 Å². The van der Waals surface area contributed by atoms with E-state index in [9.17, 15) is 0 Å². The fourth-order valence-electron chi connectivity index (χ4n) is 2.41. The molecule has 1 heteroatoms. The standard InChI is InChI=1S/C15H26S/c1-5-7-9-14(10-8-6-2)15-11-12(3)16-13(15)4/h11,14H,5-10H2,1-4H3. The van der Waals surface area contributed by atoms with E-state index in [0.717, 1.165) is 5.92 Å². The summed E-state index contributed by atoms with van der Waals surface area (Å²) in [5.41, 5.74) is 1.64. The van der Waals surface area contributed by atoms with Gasteiger partial charge in [-0.05, 0) is 44.2 Å². The van der Waals surface area contributed by atoms with Crippen molar-refractivity contribution >= 4 is 11.3 Å². The second-order valence-electron chi connectivity index (χ2n) is 4.85. The SMILES string of the molecule is CCCCC(CCCC)c1cc(C)sc1C. The van der Waals surface area contributed by atoms with Crippen molar-refractivity contribution in [2.24, 2.45) is 0 Å². The normalized spacial score (nSPS) is 11.3. The monoisotopic (exact) mass is 238 g/mol. The van der Waals surface area contributed by atoms with Gasteiger partial charge in [0.25, 0.3) is 0 Å². The predicted octanol–water partition coefficient (Wildman–Crippen LogP) is 5.83. The molecule has 0 aliphatic heterocycles. The molecule has 92 valence electrons. The second-order valence-corrected chi connectivity index (χ2v) is 6.31. The summed E-state index contributed by atoms with van der Waals surface area (Å²) in [5.74, 6) is 0.824. The quantitative estimate of drug-likeness (QED) is 0.560. The zero-order valence-corrected chi connectivity index (χ0v) is 12.1. The van der Waals surface area contributed by atoms with Gasteiger partial charge in [-0.15, -0.1) is 11.3 Å². The van der Waals surface area contributed by atoms with Crippen LogP contribution < -0.4 is 0 Å². The smallest absolute Gasteiger partial charge is 0.00518 e. The van der Waals surface area contributed by atoms with Crippen LogP contribution in [-0.2, 0) is 0 Å². The van der Waals surface area contributed by atoms with E-state index in [1.165, 1.54) is 43.4 Å². The first kappa shape index (κ1) is 13.8. The minimum atomic E-state index is 0.824. The Kier molecular flexibility index (Phi) is 6.12. The third-order valence-electron chi connectivity index (χ3n) is 3.33. The summed E-state index contributed by atoms with van der Waals surface area (Å²) in [4.78, 5) is 3.03. The van der Waals surface area contributed by atoms with Gasteiger partial charge < -0.3 is 0 Å². The van der Waals surface area contributed by atoms with Crippen LogP contribution in [0.15, 0.2) is 6.07 Å². The van der Waals surface area contributed by atoms with Gasteiger partial charge in [0.15, 0.2) is 0 Å². The molecule has 0 atom stereocenters. The number of thiophene rings is 1. The summed E-state index contributed by atoms with van der Waals surface area (Å²) < 4.78 is 0. The van der Waals surface area contributed by atoms with Gasteiger partial charge >= 0.3 is 0 Å². The molecular formula is C15H26S. The molecule has 0 saturated heterocycles. The first-order chi connectivity index (χ1) is 7.69. The lowest BCUT2D eigenvalue weighted by Crippen LogP contribution is -1.99. The largest absolute Gasteiger partial charge is 0.146 e. The molecule has 1 aromatic heterocycles. The Morgan fingerprint density at radius 2 is 1.62 bits per heavy atom. The Labute approximate surface area is 105 Å². The molecule has 0 aliphatic carbocycles. The van der Waals surface area contributed by atoms with E-state index >= 15 is 0 Å². The molecule has 1 heterocycles. The highest BCUT2D eigenvalue weighted by molar-refractivity contribution is 7.12. The summed E-state index contributed by atoms with van der Waals surface area (Å²) >= 11 is 1.96. The molecule has 0 bridgehead atoms. The molecule has 0 radical (unpaired) electrons. The summed E-state index contributed by atoms with van der Waals surface area (Å²) in [6, 6.07) is 2.43. The highest BCUT2D eigenvalue weighted by Gasteiger charge is 2.14. The zero-order valence-electron chi connectivity index (χ0n) is 11.3. The van der Waals surface area contributed by atoms with Crippen molar-refractivity contribution in [1.82, 2.24) is 0 Å². The number of rotatable bonds is 7. The van der Waals surface area contributed by atoms with Crippen molar-refractivity contribution < 1.29 is 0 Å². The van der Waals surface area contributed by atoms with Crippen LogP contribution in [0.25, 0.3) is 0 Å². The van der Waals surface area contributed by atoms with Crippen LogP contribution in [0, 0.1) is 13.8 Å². The zero-order chi connectivity index (χ0) is 12.0. The Morgan fingerprint density at radius 1 is 1.06 bits per heavy atom. The lowest BCUT2D eigenvalue weighted by atomic mass is 9.89. The van der Waals surface area contributed by atoms with E-state index in [1.807, 2.05) is 11.3 Å². The molecule has 1 rings (SSSR count). The maximum Gasteiger partial charge on any atom is 0.00518 e. The van der Waals surface area contributed by atoms with Gasteiger partial charge in [0.1, 0.15) is 0 Å². The Bertz CT molecular complexity index is 290. The van der Waals surface area contributed by atoms with Crippen molar-refractivity contribution in [2.45, 2.75) is 72.1 Å². The summed E-state index contributed by atoms with van der Waals surface area (Å²) in [6.45, 7) is 9.11. The number of aryl methyl sites for hydroxylation is 2. The molecule has 0 aromatic carbocycles. The molecule has 0 aliphatic rings. The van der Waals surface area contributed by atoms with E-state index in [0.29, 0.717) is 0 Å². The molecule has 16 heavy (non-hydrogen) atoms. The topological polar surface area (TPSA) is 0 Å². The van der Waals surface area contributed by atoms with Crippen LogP contribution >= 0.6 is 11.3 Å². The van der Waals surface area contributed by atoms with Crippen LogP contribution in [0.1, 0.15) is 73.6 Å². The fraction of sp³-hybridized carbons (Fsp3) is 0.733. The lowest BCUT2D eigenvalue weighted by molar-refractivity contribution is 0.524. The first-order valence-electron chi connectivity index (χ1n) is 6.75. The van der Waals surface area contributed by atoms with Gasteiger partial charge in [-0.1, -0.05) is 39.5 Å². The Morgan fingerprint density at radius 3 is 2.00 bits per heavy atom. The molecule has 0 N–H and O–H groups in total. The molecule has 0 fully saturated rings. The highest BCUT2D eigenvalue weighted by atomic mass is 32.1. The third kappa shape index (κ3) is 3.93. The second kappa shape index (κ2) is 7.11. The molecule has 0 spiro atoms. The molecular weight excluding hydrogens is 212 g/mol. The van der Waals surface area contributed by atoms with Gasteiger partial charge in [0, 0.05) is 9.75 Å². The van der Waals surface area contributed by atoms with Crippen LogP contribution in [0.4, 0.5) is 0 Å². The predicted molar refractivity (Wildman–Crippen MR) is 75.6 cm³/mol. The number of hydrogen-bond acceptors (Lipinski definition) is 1. The van der Waals surface area contributed by atoms with Crippen molar-refractivity contribution in [2.75, 3.05) is 0 Å². The van der Waals surface area contributed by atoms with E-state index in [1.54, 1.807) is 10.4 Å². The minimum Gasteiger partial charge on any atom is -0.146 e. The average Bonchev–Trinajstić information content (AvgIpc) is 2.58. The highest BCUT2D eigenvalue weighted by Crippen LogP contribution is 2.34. The van der Waals surface area contributed by atoms with Crippen LogP contribution in [-0.4, -0.2) is 0 Å². The van der Waals surface area contributed by atoms with Crippen molar-refractivity contribution in [1.29, 1.82) is 0 Å². The fourth-order valence-corrected chi connectivity index (χ4v) is 3.42. The third-order valence-corrected chi connectivity index (χ3v) is 4.31. The van der Waals surface area contributed by atoms with Crippen molar-refractivity contribution in [3.05, 3.63) is 21.4 Å². The molecule has 0 nitrogen and oxygen atoms in total. The lowest BCUT2D eigenvalue weighted by Gasteiger charge is -2.16.